The molecule has 0 bridgehead atoms. The molecule has 0 radical (unpaired) electrons. The number of rotatable bonds is 2. The van der Waals surface area contributed by atoms with Gasteiger partial charge in [-0.3, -0.25) is 0 Å². The fourth-order valence-corrected chi connectivity index (χ4v) is 2.79. The summed E-state index contributed by atoms with van der Waals surface area (Å²) in [4.78, 5) is 4.77. The molecular weight excluding hydrogens is 220 g/mol. The maximum Gasteiger partial charge on any atom is 0.152 e. The van der Waals surface area contributed by atoms with E-state index in [2.05, 4.69) is 16.4 Å². The van der Waals surface area contributed by atoms with E-state index in [1.807, 2.05) is 0 Å². The third-order valence-corrected chi connectivity index (χ3v) is 3.66. The minimum absolute atomic E-state index is 0. The molecule has 0 aliphatic carbocycles. The number of thiazole rings is 1. The first-order valence-electron chi connectivity index (χ1n) is 5.15. The monoisotopic (exact) mass is 238 g/mol. The lowest BCUT2D eigenvalue weighted by atomic mass is 9.97. The fourth-order valence-electron chi connectivity index (χ4n) is 1.89. The van der Waals surface area contributed by atoms with Crippen LogP contribution in [0, 0.1) is 17.2 Å². The van der Waals surface area contributed by atoms with Gasteiger partial charge in [0.05, 0.1) is 5.01 Å². The van der Waals surface area contributed by atoms with Gasteiger partial charge in [0, 0.05) is 6.42 Å². The molecule has 1 aliphatic rings. The van der Waals surface area contributed by atoms with E-state index in [9.17, 15) is 0 Å². The van der Waals surface area contributed by atoms with Gasteiger partial charge in [0.15, 0.2) is 5.82 Å². The summed E-state index contributed by atoms with van der Waals surface area (Å²) in [6.45, 7) is 2.18. The fraction of sp³-hybridized carbons (Fsp3) is 0.636. The van der Waals surface area contributed by atoms with E-state index in [1.54, 1.807) is 0 Å². The van der Waals surface area contributed by atoms with Crippen LogP contribution in [-0.4, -0.2) is 18.1 Å². The quantitative estimate of drug-likeness (QED) is 0.823. The van der Waals surface area contributed by atoms with E-state index < -0.39 is 0 Å². The molecule has 0 saturated carbocycles. The molecule has 3 N–H and O–H groups in total. The van der Waals surface area contributed by atoms with Crippen LogP contribution in [0.2, 0.25) is 0 Å². The third kappa shape index (κ3) is 2.94. The summed E-state index contributed by atoms with van der Waals surface area (Å²) in [5.41, 5.74) is 5.62. The number of aromatic nitrogens is 1. The van der Waals surface area contributed by atoms with Gasteiger partial charge in [-0.1, -0.05) is 7.43 Å². The first kappa shape index (κ1) is 12.9. The van der Waals surface area contributed by atoms with E-state index in [0.717, 1.165) is 24.5 Å². The number of hydrogen-bond donors (Lipinski definition) is 2. The van der Waals surface area contributed by atoms with Crippen LogP contribution >= 0.6 is 11.3 Å². The van der Waals surface area contributed by atoms with Crippen molar-refractivity contribution in [3.63, 3.8) is 0 Å². The Morgan fingerprint density at radius 1 is 1.62 bits per heavy atom. The number of anilines is 1. The van der Waals surface area contributed by atoms with Gasteiger partial charge >= 0.3 is 0 Å². The molecule has 1 fully saturated rings. The average Bonchev–Trinajstić information content (AvgIpc) is 2.60. The second-order valence-electron chi connectivity index (χ2n) is 3.85. The molecule has 16 heavy (non-hydrogen) atoms. The smallest absolute Gasteiger partial charge is 0.152 e. The minimum atomic E-state index is 0. The van der Waals surface area contributed by atoms with Crippen molar-refractivity contribution in [2.24, 2.45) is 5.92 Å². The number of hydrogen-bond acceptors (Lipinski definition) is 5. The number of nitrogen functional groups attached to an aromatic ring is 1. The van der Waals surface area contributed by atoms with E-state index in [-0.39, 0.29) is 7.43 Å². The lowest BCUT2D eigenvalue weighted by Crippen LogP contribution is -2.30. The highest BCUT2D eigenvalue weighted by Crippen LogP contribution is 2.24. The summed E-state index contributed by atoms with van der Waals surface area (Å²) >= 11 is 1.43. The maximum absolute atomic E-state index is 8.77. The molecule has 4 nitrogen and oxygen atoms in total. The molecule has 5 heteroatoms. The van der Waals surface area contributed by atoms with Crippen LogP contribution < -0.4 is 11.1 Å². The Hall–Kier alpha value is -1.12. The molecule has 1 saturated heterocycles. The van der Waals surface area contributed by atoms with Crippen molar-refractivity contribution in [3.05, 3.63) is 9.88 Å². The lowest BCUT2D eigenvalue weighted by Gasteiger charge is -2.21. The zero-order chi connectivity index (χ0) is 10.7. The van der Waals surface area contributed by atoms with Crippen LogP contribution in [0.15, 0.2) is 0 Å². The Balaban J connectivity index is 0.00000128. The standard InChI is InChI=1S/C10H14N4S.CH4/c11-5-8-10(12)14-9(15-8)4-7-2-1-3-13-6-7;/h7,13H,1-4,6,12H2;1H4. The van der Waals surface area contributed by atoms with Crippen molar-refractivity contribution in [2.75, 3.05) is 18.8 Å². The highest BCUT2D eigenvalue weighted by Gasteiger charge is 2.16. The van der Waals surface area contributed by atoms with Gasteiger partial charge in [-0.05, 0) is 31.8 Å². The summed E-state index contributed by atoms with van der Waals surface area (Å²) in [5, 5.41) is 13.1. The van der Waals surface area contributed by atoms with E-state index in [1.165, 1.54) is 24.2 Å². The molecule has 0 amide bonds. The van der Waals surface area contributed by atoms with Crippen LogP contribution in [0.5, 0.6) is 0 Å². The molecule has 1 aliphatic heterocycles. The molecule has 1 aromatic heterocycles. The number of nitrogens with one attached hydrogen (secondary N) is 1. The Bertz CT molecular complexity index is 374. The van der Waals surface area contributed by atoms with Crippen molar-refractivity contribution in [3.8, 4) is 6.07 Å². The summed E-state index contributed by atoms with van der Waals surface area (Å²) in [6.07, 6.45) is 3.43. The third-order valence-electron chi connectivity index (χ3n) is 2.66. The minimum Gasteiger partial charge on any atom is -0.382 e. The number of nitrogens with zero attached hydrogens (tertiary/aromatic N) is 2. The number of nitriles is 1. The van der Waals surface area contributed by atoms with Crippen LogP contribution in [0.1, 0.15) is 30.2 Å². The predicted octanol–water partition coefficient (Wildman–Crippen LogP) is 1.78. The van der Waals surface area contributed by atoms with Gasteiger partial charge < -0.3 is 11.1 Å². The SMILES string of the molecule is C.N#Cc1sc(CC2CCCNC2)nc1N. The largest absolute Gasteiger partial charge is 0.382 e. The van der Waals surface area contributed by atoms with Crippen molar-refractivity contribution in [1.29, 1.82) is 5.26 Å². The zero-order valence-corrected chi connectivity index (χ0v) is 9.31. The van der Waals surface area contributed by atoms with Gasteiger partial charge in [-0.25, -0.2) is 4.98 Å². The zero-order valence-electron chi connectivity index (χ0n) is 8.49. The Kier molecular flexibility index (Phi) is 4.71. The molecule has 0 aromatic carbocycles. The van der Waals surface area contributed by atoms with Gasteiger partial charge in [0.1, 0.15) is 10.9 Å². The predicted molar refractivity (Wildman–Crippen MR) is 67.3 cm³/mol. The molecule has 88 valence electrons. The molecule has 1 unspecified atom stereocenters. The molecule has 1 atom stereocenters. The Morgan fingerprint density at radius 2 is 2.44 bits per heavy atom. The lowest BCUT2D eigenvalue weighted by molar-refractivity contribution is 0.376. The first-order valence-corrected chi connectivity index (χ1v) is 5.97. The van der Waals surface area contributed by atoms with Gasteiger partial charge in [-0.2, -0.15) is 5.26 Å². The van der Waals surface area contributed by atoms with Crippen molar-refractivity contribution >= 4 is 17.2 Å². The van der Waals surface area contributed by atoms with Crippen molar-refractivity contribution in [1.82, 2.24) is 10.3 Å². The van der Waals surface area contributed by atoms with Crippen LogP contribution in [0.25, 0.3) is 0 Å². The highest BCUT2D eigenvalue weighted by atomic mass is 32.1. The number of piperidine rings is 1. The summed E-state index contributed by atoms with van der Waals surface area (Å²) in [5.74, 6) is 1.04. The Morgan fingerprint density at radius 3 is 3.00 bits per heavy atom. The van der Waals surface area contributed by atoms with Crippen LogP contribution in [0.4, 0.5) is 5.82 Å². The summed E-state index contributed by atoms with van der Waals surface area (Å²) < 4.78 is 0. The maximum atomic E-state index is 8.77. The normalized spacial score (nSPS) is 19.8. The van der Waals surface area contributed by atoms with Crippen LogP contribution in [-0.2, 0) is 6.42 Å². The first-order chi connectivity index (χ1) is 7.29. The van der Waals surface area contributed by atoms with Gasteiger partial charge in [0.2, 0.25) is 0 Å². The highest BCUT2D eigenvalue weighted by molar-refractivity contribution is 7.12. The van der Waals surface area contributed by atoms with Crippen molar-refractivity contribution in [2.45, 2.75) is 26.7 Å². The van der Waals surface area contributed by atoms with Gasteiger partial charge in [0.25, 0.3) is 0 Å². The molecule has 2 rings (SSSR count). The molecule has 1 aromatic rings. The molecular formula is C11H18N4S. The average molecular weight is 238 g/mol. The summed E-state index contributed by atoms with van der Waals surface area (Å²) in [7, 11) is 0. The second-order valence-corrected chi connectivity index (χ2v) is 4.93. The Labute approximate surface area is 100 Å². The van der Waals surface area contributed by atoms with Crippen LogP contribution in [0.3, 0.4) is 0 Å². The van der Waals surface area contributed by atoms with Crippen molar-refractivity contribution < 1.29 is 0 Å². The topological polar surface area (TPSA) is 74.7 Å². The van der Waals surface area contributed by atoms with E-state index >= 15 is 0 Å². The van der Waals surface area contributed by atoms with E-state index in [4.69, 9.17) is 11.0 Å². The molecule has 2 heterocycles. The van der Waals surface area contributed by atoms with E-state index in [0.29, 0.717) is 16.6 Å². The number of nitrogens with two attached hydrogens (primary N) is 1. The molecule has 0 spiro atoms. The van der Waals surface area contributed by atoms with Gasteiger partial charge in [-0.15, -0.1) is 11.3 Å². The second kappa shape index (κ2) is 5.83. The summed E-state index contributed by atoms with van der Waals surface area (Å²) in [6, 6.07) is 2.07.